The van der Waals surface area contributed by atoms with Crippen LogP contribution in [0.5, 0.6) is 0 Å². The summed E-state index contributed by atoms with van der Waals surface area (Å²) in [4.78, 5) is 14.5. The normalized spacial score (nSPS) is 18.0. The minimum absolute atomic E-state index is 0.0155. The number of aromatic amines is 1. The number of pyridine rings is 1. The Hall–Kier alpha value is -1.09. The van der Waals surface area contributed by atoms with E-state index in [4.69, 9.17) is 0 Å². The molecule has 100 valence electrons. The van der Waals surface area contributed by atoms with Crippen LogP contribution in [0.3, 0.4) is 0 Å². The van der Waals surface area contributed by atoms with Crippen molar-refractivity contribution in [1.29, 1.82) is 0 Å². The van der Waals surface area contributed by atoms with Crippen molar-refractivity contribution < 1.29 is 0 Å². The van der Waals surface area contributed by atoms with E-state index in [1.54, 1.807) is 6.20 Å². The molecule has 1 atom stereocenters. The molecule has 1 aliphatic carbocycles. The number of aromatic nitrogens is 1. The molecule has 3 rings (SSSR count). The number of H-pyrrole nitrogens is 1. The molecule has 2 aromatic rings. The summed E-state index contributed by atoms with van der Waals surface area (Å²) < 4.78 is 1.07. The van der Waals surface area contributed by atoms with Gasteiger partial charge in [0.25, 0.3) is 5.56 Å². The van der Waals surface area contributed by atoms with Gasteiger partial charge in [-0.05, 0) is 53.8 Å². The van der Waals surface area contributed by atoms with E-state index in [1.165, 1.54) is 31.2 Å². The molecule has 1 heterocycles. The minimum atomic E-state index is -0.0155. The van der Waals surface area contributed by atoms with E-state index in [9.17, 15) is 4.79 Å². The lowest BCUT2D eigenvalue weighted by molar-refractivity contribution is 0.460. The third kappa shape index (κ3) is 2.36. The van der Waals surface area contributed by atoms with Crippen molar-refractivity contribution in [3.05, 3.63) is 44.8 Å². The van der Waals surface area contributed by atoms with E-state index in [-0.39, 0.29) is 5.56 Å². The van der Waals surface area contributed by atoms with Crippen LogP contribution in [0, 0.1) is 5.92 Å². The summed E-state index contributed by atoms with van der Waals surface area (Å²) >= 11 is 3.65. The monoisotopic (exact) mass is 319 g/mol. The summed E-state index contributed by atoms with van der Waals surface area (Å²) in [6.45, 7) is 2.31. The van der Waals surface area contributed by atoms with Crippen LogP contribution < -0.4 is 5.56 Å². The molecule has 2 nitrogen and oxygen atoms in total. The van der Waals surface area contributed by atoms with Gasteiger partial charge in [-0.15, -0.1) is 0 Å². The summed E-state index contributed by atoms with van der Waals surface area (Å²) in [5.74, 6) is 1.34. The van der Waals surface area contributed by atoms with E-state index in [0.29, 0.717) is 5.92 Å². The topological polar surface area (TPSA) is 32.9 Å². The Morgan fingerprint density at radius 3 is 2.79 bits per heavy atom. The van der Waals surface area contributed by atoms with Gasteiger partial charge in [-0.3, -0.25) is 4.79 Å². The van der Waals surface area contributed by atoms with Crippen molar-refractivity contribution in [3.63, 3.8) is 0 Å². The molecule has 0 spiro atoms. The highest BCUT2D eigenvalue weighted by Gasteiger charge is 2.24. The van der Waals surface area contributed by atoms with E-state index in [1.807, 2.05) is 12.1 Å². The predicted molar refractivity (Wildman–Crippen MR) is 82.6 cm³/mol. The zero-order chi connectivity index (χ0) is 13.4. The third-order valence-corrected chi connectivity index (χ3v) is 5.18. The largest absolute Gasteiger partial charge is 0.329 e. The Balaban J connectivity index is 2.08. The number of hydrogen-bond donors (Lipinski definition) is 1. The molecule has 1 saturated carbocycles. The van der Waals surface area contributed by atoms with Gasteiger partial charge in [0.15, 0.2) is 0 Å². The van der Waals surface area contributed by atoms with Crippen LogP contribution in [0.4, 0.5) is 0 Å². The smallest absolute Gasteiger partial charge is 0.255 e. The lowest BCUT2D eigenvalue weighted by Gasteiger charge is -2.21. The van der Waals surface area contributed by atoms with Crippen molar-refractivity contribution >= 4 is 26.7 Å². The molecule has 1 N–H and O–H groups in total. The van der Waals surface area contributed by atoms with Crippen LogP contribution in [-0.2, 0) is 0 Å². The molecule has 0 amide bonds. The number of rotatable bonds is 2. The van der Waals surface area contributed by atoms with Gasteiger partial charge in [0.2, 0.25) is 0 Å². The predicted octanol–water partition coefficient (Wildman–Crippen LogP) is 4.58. The number of hydrogen-bond acceptors (Lipinski definition) is 1. The first-order chi connectivity index (χ1) is 9.16. The second kappa shape index (κ2) is 5.12. The van der Waals surface area contributed by atoms with Gasteiger partial charge < -0.3 is 4.98 Å². The molecule has 19 heavy (non-hydrogen) atoms. The SMILES string of the molecule is CC(c1cc2cc[nH]c(=O)c2cc1Br)C1CCCC1. The van der Waals surface area contributed by atoms with E-state index < -0.39 is 0 Å². The van der Waals surface area contributed by atoms with E-state index in [2.05, 4.69) is 33.9 Å². The van der Waals surface area contributed by atoms with Crippen molar-refractivity contribution in [2.75, 3.05) is 0 Å². The molecule has 0 aliphatic heterocycles. The number of halogens is 1. The maximum absolute atomic E-state index is 11.8. The Bertz CT molecular complexity index is 655. The van der Waals surface area contributed by atoms with Gasteiger partial charge in [-0.25, -0.2) is 0 Å². The molecule has 0 saturated heterocycles. The first-order valence-corrected chi connectivity index (χ1v) is 7.77. The summed E-state index contributed by atoms with van der Waals surface area (Å²) in [5.41, 5.74) is 1.32. The van der Waals surface area contributed by atoms with Gasteiger partial charge in [0.05, 0.1) is 0 Å². The van der Waals surface area contributed by atoms with Crippen LogP contribution in [0.2, 0.25) is 0 Å². The summed E-state index contributed by atoms with van der Waals surface area (Å²) in [6.07, 6.45) is 7.12. The molecule has 0 bridgehead atoms. The zero-order valence-electron chi connectivity index (χ0n) is 11.1. The molecule has 0 radical (unpaired) electrons. The fraction of sp³-hybridized carbons (Fsp3) is 0.438. The second-order valence-electron chi connectivity index (χ2n) is 5.60. The van der Waals surface area contributed by atoms with Crippen molar-refractivity contribution in [3.8, 4) is 0 Å². The minimum Gasteiger partial charge on any atom is -0.329 e. The molecule has 3 heteroatoms. The van der Waals surface area contributed by atoms with Gasteiger partial charge in [0, 0.05) is 16.1 Å². The molecule has 1 aromatic carbocycles. The maximum atomic E-state index is 11.8. The van der Waals surface area contributed by atoms with Gasteiger partial charge in [0.1, 0.15) is 0 Å². The van der Waals surface area contributed by atoms with Crippen LogP contribution >= 0.6 is 15.9 Å². The second-order valence-corrected chi connectivity index (χ2v) is 6.46. The Labute approximate surface area is 121 Å². The van der Waals surface area contributed by atoms with Crippen LogP contribution in [0.25, 0.3) is 10.8 Å². The standard InChI is InChI=1S/C16H18BrNO/c1-10(11-4-2-3-5-11)13-8-12-6-7-18-16(19)14(12)9-15(13)17/h6-11H,2-5H2,1H3,(H,18,19). The zero-order valence-corrected chi connectivity index (χ0v) is 12.7. The molecule has 1 unspecified atom stereocenters. The summed E-state index contributed by atoms with van der Waals surface area (Å²) in [7, 11) is 0. The molecular formula is C16H18BrNO. The highest BCUT2D eigenvalue weighted by molar-refractivity contribution is 9.10. The highest BCUT2D eigenvalue weighted by Crippen LogP contribution is 2.40. The fourth-order valence-corrected chi connectivity index (χ4v) is 3.99. The Kier molecular flexibility index (Phi) is 3.48. The highest BCUT2D eigenvalue weighted by atomic mass is 79.9. The number of fused-ring (bicyclic) bond motifs is 1. The lowest BCUT2D eigenvalue weighted by Crippen LogP contribution is -2.09. The van der Waals surface area contributed by atoms with Crippen LogP contribution in [-0.4, -0.2) is 4.98 Å². The third-order valence-electron chi connectivity index (χ3n) is 4.49. The van der Waals surface area contributed by atoms with Gasteiger partial charge >= 0.3 is 0 Å². The first kappa shape index (κ1) is 12.9. The quantitative estimate of drug-likeness (QED) is 0.863. The first-order valence-electron chi connectivity index (χ1n) is 6.97. The lowest BCUT2D eigenvalue weighted by atomic mass is 9.86. The molecule has 1 aliphatic rings. The molecule has 1 fully saturated rings. The van der Waals surface area contributed by atoms with Gasteiger partial charge in [-0.1, -0.05) is 35.7 Å². The number of benzene rings is 1. The van der Waals surface area contributed by atoms with Crippen LogP contribution in [0.1, 0.15) is 44.1 Å². The Morgan fingerprint density at radius 2 is 2.05 bits per heavy atom. The number of nitrogens with one attached hydrogen (secondary N) is 1. The summed E-state index contributed by atoms with van der Waals surface area (Å²) in [5, 5.41) is 1.79. The van der Waals surface area contributed by atoms with Gasteiger partial charge in [-0.2, -0.15) is 0 Å². The maximum Gasteiger partial charge on any atom is 0.255 e. The fourth-order valence-electron chi connectivity index (χ4n) is 3.29. The van der Waals surface area contributed by atoms with Crippen molar-refractivity contribution in [2.24, 2.45) is 5.92 Å². The van der Waals surface area contributed by atoms with E-state index >= 15 is 0 Å². The average Bonchev–Trinajstić information content (AvgIpc) is 2.92. The van der Waals surface area contributed by atoms with Crippen molar-refractivity contribution in [1.82, 2.24) is 4.98 Å². The summed E-state index contributed by atoms with van der Waals surface area (Å²) in [6, 6.07) is 6.13. The Morgan fingerprint density at radius 1 is 1.32 bits per heavy atom. The van der Waals surface area contributed by atoms with Crippen molar-refractivity contribution in [2.45, 2.75) is 38.5 Å². The van der Waals surface area contributed by atoms with Crippen LogP contribution in [0.15, 0.2) is 33.7 Å². The average molecular weight is 320 g/mol. The van der Waals surface area contributed by atoms with E-state index in [0.717, 1.165) is 21.2 Å². The molecular weight excluding hydrogens is 302 g/mol. The molecule has 1 aromatic heterocycles.